The van der Waals surface area contributed by atoms with E-state index in [0.717, 1.165) is 35.3 Å². The second-order valence-corrected chi connectivity index (χ2v) is 8.09. The van der Waals surface area contributed by atoms with Gasteiger partial charge in [0.05, 0.1) is 0 Å². The average Bonchev–Trinajstić information content (AvgIpc) is 3.18. The molecule has 29 heavy (non-hydrogen) atoms. The minimum atomic E-state index is -0.170. The maximum Gasteiger partial charge on any atom is 0.251 e. The molecule has 1 atom stereocenters. The fourth-order valence-electron chi connectivity index (χ4n) is 3.70. The molecule has 1 fully saturated rings. The predicted molar refractivity (Wildman–Crippen MR) is 113 cm³/mol. The number of hydrogen-bond acceptors (Lipinski definition) is 4. The van der Waals surface area contributed by atoms with Crippen LogP contribution in [0.2, 0.25) is 0 Å². The Kier molecular flexibility index (Phi) is 5.89. The molecule has 0 aliphatic carbocycles. The minimum Gasteiger partial charge on any atom is -0.352 e. The number of likely N-dealkylation sites (tertiary alicyclic amines) is 1. The highest BCUT2D eigenvalue weighted by molar-refractivity contribution is 9.10. The lowest BCUT2D eigenvalue weighted by Gasteiger charge is -2.32. The summed E-state index contributed by atoms with van der Waals surface area (Å²) >= 11 is 3.35. The second-order valence-electron chi connectivity index (χ2n) is 7.18. The molecule has 1 aliphatic rings. The summed E-state index contributed by atoms with van der Waals surface area (Å²) in [6.07, 6.45) is 4.17. The van der Waals surface area contributed by atoms with Crippen molar-refractivity contribution in [2.24, 2.45) is 0 Å². The van der Waals surface area contributed by atoms with Gasteiger partial charge >= 0.3 is 0 Å². The summed E-state index contributed by atoms with van der Waals surface area (Å²) < 4.78 is 2.92. The topological polar surface area (TPSA) is 79.6 Å². The van der Waals surface area contributed by atoms with Crippen LogP contribution in [0.25, 0.3) is 5.65 Å². The van der Waals surface area contributed by atoms with Crippen molar-refractivity contribution in [1.82, 2.24) is 24.8 Å². The number of rotatable bonds is 5. The van der Waals surface area contributed by atoms with Crippen molar-refractivity contribution >= 4 is 33.4 Å². The Balaban J connectivity index is 1.32. The first-order valence-corrected chi connectivity index (χ1v) is 10.5. The SMILES string of the molecule is O=C(NCCC(=O)N1CCC[C@H](c2nnc3ccccn23)C1)c1ccc(Br)cc1. The molecule has 0 bridgehead atoms. The number of aromatic nitrogens is 3. The summed E-state index contributed by atoms with van der Waals surface area (Å²) in [5.41, 5.74) is 1.40. The molecule has 1 N–H and O–H groups in total. The van der Waals surface area contributed by atoms with Gasteiger partial charge in [0.2, 0.25) is 5.91 Å². The first kappa shape index (κ1) is 19.6. The quantitative estimate of drug-likeness (QED) is 0.640. The smallest absolute Gasteiger partial charge is 0.251 e. The summed E-state index contributed by atoms with van der Waals surface area (Å²) in [6, 6.07) is 13.0. The summed E-state index contributed by atoms with van der Waals surface area (Å²) in [5.74, 6) is 0.959. The van der Waals surface area contributed by atoms with Gasteiger partial charge < -0.3 is 10.2 Å². The van der Waals surface area contributed by atoms with E-state index in [-0.39, 0.29) is 24.2 Å². The van der Waals surface area contributed by atoms with Gasteiger partial charge in [-0.3, -0.25) is 14.0 Å². The molecule has 0 unspecified atom stereocenters. The van der Waals surface area contributed by atoms with E-state index in [9.17, 15) is 9.59 Å². The number of carbonyl (C=O) groups is 2. The predicted octanol–water partition coefficient (Wildman–Crippen LogP) is 3.02. The number of carbonyl (C=O) groups excluding carboxylic acids is 2. The Labute approximate surface area is 177 Å². The van der Waals surface area contributed by atoms with E-state index in [2.05, 4.69) is 31.4 Å². The lowest BCUT2D eigenvalue weighted by atomic mass is 9.97. The Hall–Kier alpha value is -2.74. The standard InChI is InChI=1S/C21H22BrN5O2/c22-17-8-6-15(7-9-17)21(29)23-11-10-19(28)26-12-3-4-16(14-26)20-25-24-18-5-1-2-13-27(18)20/h1-2,5-9,13,16H,3-4,10-12,14H2,(H,23,29)/t16-/m0/s1. The number of nitrogens with one attached hydrogen (secondary N) is 1. The van der Waals surface area contributed by atoms with Crippen LogP contribution in [0.1, 0.15) is 41.4 Å². The summed E-state index contributed by atoms with van der Waals surface area (Å²) in [5, 5.41) is 11.4. The molecule has 0 radical (unpaired) electrons. The van der Waals surface area contributed by atoms with Crippen molar-refractivity contribution in [2.75, 3.05) is 19.6 Å². The maximum atomic E-state index is 12.7. The van der Waals surface area contributed by atoms with Crippen molar-refractivity contribution in [3.8, 4) is 0 Å². The largest absolute Gasteiger partial charge is 0.352 e. The summed E-state index contributed by atoms with van der Waals surface area (Å²) in [7, 11) is 0. The number of hydrogen-bond donors (Lipinski definition) is 1. The van der Waals surface area contributed by atoms with E-state index in [1.165, 1.54) is 0 Å². The summed E-state index contributed by atoms with van der Waals surface area (Å²) in [6.45, 7) is 1.70. The van der Waals surface area contributed by atoms with Crippen molar-refractivity contribution in [3.05, 3.63) is 64.5 Å². The monoisotopic (exact) mass is 455 g/mol. The van der Waals surface area contributed by atoms with E-state index in [0.29, 0.717) is 18.7 Å². The van der Waals surface area contributed by atoms with E-state index < -0.39 is 0 Å². The van der Waals surface area contributed by atoms with Crippen molar-refractivity contribution in [3.63, 3.8) is 0 Å². The van der Waals surface area contributed by atoms with Crippen LogP contribution in [-0.4, -0.2) is 50.9 Å². The molecular weight excluding hydrogens is 434 g/mol. The van der Waals surface area contributed by atoms with Crippen LogP contribution in [0.4, 0.5) is 0 Å². The lowest BCUT2D eigenvalue weighted by Crippen LogP contribution is -2.41. The fourth-order valence-corrected chi connectivity index (χ4v) is 3.96. The van der Waals surface area contributed by atoms with Gasteiger partial charge in [-0.25, -0.2) is 0 Å². The normalized spacial score (nSPS) is 16.7. The maximum absolute atomic E-state index is 12.7. The zero-order valence-electron chi connectivity index (χ0n) is 15.9. The van der Waals surface area contributed by atoms with Gasteiger partial charge in [0.15, 0.2) is 5.65 Å². The zero-order valence-corrected chi connectivity index (χ0v) is 17.5. The molecule has 3 aromatic rings. The number of fused-ring (bicyclic) bond motifs is 1. The number of halogens is 1. The zero-order chi connectivity index (χ0) is 20.2. The number of amides is 2. The molecule has 2 aromatic heterocycles. The van der Waals surface area contributed by atoms with Crippen LogP contribution in [0.15, 0.2) is 53.1 Å². The molecule has 1 aliphatic heterocycles. The molecular formula is C21H22BrN5O2. The highest BCUT2D eigenvalue weighted by Gasteiger charge is 2.27. The van der Waals surface area contributed by atoms with Crippen LogP contribution < -0.4 is 5.32 Å². The molecule has 4 rings (SSSR count). The van der Waals surface area contributed by atoms with Crippen molar-refractivity contribution in [2.45, 2.75) is 25.2 Å². The van der Waals surface area contributed by atoms with Crippen LogP contribution >= 0.6 is 15.9 Å². The second kappa shape index (κ2) is 8.73. The van der Waals surface area contributed by atoms with Gasteiger partial charge in [-0.15, -0.1) is 10.2 Å². The van der Waals surface area contributed by atoms with Gasteiger partial charge in [0, 0.05) is 48.2 Å². The van der Waals surface area contributed by atoms with Crippen LogP contribution in [0, 0.1) is 0 Å². The highest BCUT2D eigenvalue weighted by Crippen LogP contribution is 2.26. The molecule has 2 amide bonds. The van der Waals surface area contributed by atoms with Gasteiger partial charge in [0.25, 0.3) is 5.91 Å². The summed E-state index contributed by atoms with van der Waals surface area (Å²) in [4.78, 5) is 26.7. The van der Waals surface area contributed by atoms with Gasteiger partial charge in [-0.1, -0.05) is 22.0 Å². The first-order chi connectivity index (χ1) is 14.1. The highest BCUT2D eigenvalue weighted by atomic mass is 79.9. The number of pyridine rings is 1. The van der Waals surface area contributed by atoms with Crippen molar-refractivity contribution < 1.29 is 9.59 Å². The Morgan fingerprint density at radius 3 is 2.79 bits per heavy atom. The molecule has 7 nitrogen and oxygen atoms in total. The Morgan fingerprint density at radius 1 is 1.14 bits per heavy atom. The third-order valence-corrected chi connectivity index (χ3v) is 5.74. The first-order valence-electron chi connectivity index (χ1n) is 9.73. The van der Waals surface area contributed by atoms with Gasteiger partial charge in [-0.05, 0) is 49.2 Å². The average molecular weight is 456 g/mol. The third kappa shape index (κ3) is 4.48. The molecule has 1 saturated heterocycles. The van der Waals surface area contributed by atoms with E-state index >= 15 is 0 Å². The Bertz CT molecular complexity index is 1020. The fraction of sp³-hybridized carbons (Fsp3) is 0.333. The van der Waals surface area contributed by atoms with Gasteiger partial charge in [0.1, 0.15) is 5.82 Å². The molecule has 0 saturated carbocycles. The van der Waals surface area contributed by atoms with E-state index in [4.69, 9.17) is 0 Å². The van der Waals surface area contributed by atoms with Gasteiger partial charge in [-0.2, -0.15) is 0 Å². The van der Waals surface area contributed by atoms with Crippen LogP contribution in [0.5, 0.6) is 0 Å². The van der Waals surface area contributed by atoms with E-state index in [1.807, 2.05) is 45.8 Å². The van der Waals surface area contributed by atoms with Crippen LogP contribution in [0.3, 0.4) is 0 Å². The van der Waals surface area contributed by atoms with Crippen molar-refractivity contribution in [1.29, 1.82) is 0 Å². The molecule has 0 spiro atoms. The number of nitrogens with zero attached hydrogens (tertiary/aromatic N) is 4. The van der Waals surface area contributed by atoms with Crippen LogP contribution in [-0.2, 0) is 4.79 Å². The molecule has 8 heteroatoms. The van der Waals surface area contributed by atoms with E-state index in [1.54, 1.807) is 12.1 Å². The number of piperidine rings is 1. The third-order valence-electron chi connectivity index (χ3n) is 5.21. The lowest BCUT2D eigenvalue weighted by molar-refractivity contribution is -0.132. The Morgan fingerprint density at radius 2 is 1.97 bits per heavy atom. The molecule has 1 aromatic carbocycles. The number of benzene rings is 1. The minimum absolute atomic E-state index is 0.0552. The molecule has 3 heterocycles. The molecule has 150 valence electrons.